The molecule has 136 valence electrons. The van der Waals surface area contributed by atoms with E-state index in [0.29, 0.717) is 36.6 Å². The molecule has 1 aliphatic rings. The monoisotopic (exact) mass is 370 g/mol. The van der Waals surface area contributed by atoms with Gasteiger partial charge in [-0.25, -0.2) is 8.42 Å². The lowest BCUT2D eigenvalue weighted by atomic mass is 9.74. The molecule has 0 N–H and O–H groups in total. The third-order valence-corrected chi connectivity index (χ3v) is 6.98. The second-order valence-corrected chi connectivity index (χ2v) is 8.55. The minimum atomic E-state index is -3.54. The van der Waals surface area contributed by atoms with E-state index in [1.165, 1.54) is 4.31 Å². The smallest absolute Gasteiger partial charge is 0.243 e. The van der Waals surface area contributed by atoms with Crippen molar-refractivity contribution in [2.75, 3.05) is 20.2 Å². The molecule has 0 aromatic heterocycles. The van der Waals surface area contributed by atoms with Gasteiger partial charge in [0.25, 0.3) is 0 Å². The Morgan fingerprint density at radius 1 is 1.08 bits per heavy atom. The lowest BCUT2D eigenvalue weighted by molar-refractivity contribution is 0.271. The number of hydrogen-bond acceptors (Lipinski definition) is 4. The van der Waals surface area contributed by atoms with Gasteiger partial charge in [-0.05, 0) is 38.0 Å². The second-order valence-electron chi connectivity index (χ2n) is 6.61. The highest BCUT2D eigenvalue weighted by Gasteiger charge is 2.41. The summed E-state index contributed by atoms with van der Waals surface area (Å²) in [6, 6.07) is 16.8. The molecule has 5 nitrogen and oxygen atoms in total. The van der Waals surface area contributed by atoms with Crippen LogP contribution in [-0.2, 0) is 15.4 Å². The van der Waals surface area contributed by atoms with Crippen molar-refractivity contribution in [3.05, 3.63) is 59.7 Å². The summed E-state index contributed by atoms with van der Waals surface area (Å²) in [5.74, 6) is 0.670. The summed E-state index contributed by atoms with van der Waals surface area (Å²) < 4.78 is 32.6. The molecule has 0 amide bonds. The van der Waals surface area contributed by atoms with Gasteiger partial charge in [0.15, 0.2) is 0 Å². The number of methoxy groups -OCH3 is 1. The molecular weight excluding hydrogens is 348 g/mol. The first-order chi connectivity index (χ1) is 12.4. The number of benzene rings is 2. The number of nitrogens with zero attached hydrogens (tertiary/aromatic N) is 2. The van der Waals surface area contributed by atoms with Crippen LogP contribution in [0.25, 0.3) is 0 Å². The van der Waals surface area contributed by atoms with Gasteiger partial charge in [0, 0.05) is 18.7 Å². The summed E-state index contributed by atoms with van der Waals surface area (Å²) in [5.41, 5.74) is 1.12. The van der Waals surface area contributed by atoms with E-state index in [1.807, 2.05) is 31.2 Å². The van der Waals surface area contributed by atoms with E-state index in [2.05, 4.69) is 6.07 Å². The number of ether oxygens (including phenoxy) is 1. The lowest BCUT2D eigenvalue weighted by Crippen LogP contribution is -2.44. The molecule has 1 aliphatic heterocycles. The molecule has 26 heavy (non-hydrogen) atoms. The van der Waals surface area contributed by atoms with Crippen LogP contribution in [0.1, 0.15) is 24.0 Å². The first-order valence-corrected chi connectivity index (χ1v) is 9.98. The predicted octanol–water partition coefficient (Wildman–Crippen LogP) is 3.25. The van der Waals surface area contributed by atoms with Gasteiger partial charge in [0.1, 0.15) is 5.75 Å². The van der Waals surface area contributed by atoms with E-state index in [4.69, 9.17) is 4.74 Å². The van der Waals surface area contributed by atoms with Crippen LogP contribution in [0.4, 0.5) is 0 Å². The average molecular weight is 370 g/mol. The average Bonchev–Trinajstić information content (AvgIpc) is 2.68. The van der Waals surface area contributed by atoms with Crippen molar-refractivity contribution in [1.29, 1.82) is 5.26 Å². The van der Waals surface area contributed by atoms with Gasteiger partial charge >= 0.3 is 0 Å². The summed E-state index contributed by atoms with van der Waals surface area (Å²) in [4.78, 5) is 0.296. The van der Waals surface area contributed by atoms with Crippen LogP contribution in [-0.4, -0.2) is 32.9 Å². The number of nitriles is 1. The maximum atomic E-state index is 12.9. The van der Waals surface area contributed by atoms with E-state index in [-0.39, 0.29) is 0 Å². The van der Waals surface area contributed by atoms with Crippen LogP contribution in [0.2, 0.25) is 0 Å². The van der Waals surface area contributed by atoms with Crippen LogP contribution in [0, 0.1) is 18.3 Å². The summed E-state index contributed by atoms with van der Waals surface area (Å²) in [6.07, 6.45) is 0.879. The highest BCUT2D eigenvalue weighted by molar-refractivity contribution is 7.89. The zero-order valence-electron chi connectivity index (χ0n) is 15.0. The van der Waals surface area contributed by atoms with Crippen LogP contribution in [0.5, 0.6) is 5.75 Å². The zero-order chi connectivity index (χ0) is 18.8. The summed E-state index contributed by atoms with van der Waals surface area (Å²) in [6.45, 7) is 2.54. The Morgan fingerprint density at radius 3 is 2.27 bits per heavy atom. The second kappa shape index (κ2) is 7.10. The molecule has 2 aromatic carbocycles. The Kier molecular flexibility index (Phi) is 5.03. The van der Waals surface area contributed by atoms with Gasteiger partial charge in [-0.1, -0.05) is 35.9 Å². The number of aryl methyl sites for hydroxylation is 1. The lowest BCUT2D eigenvalue weighted by Gasteiger charge is -2.37. The van der Waals surface area contributed by atoms with Crippen molar-refractivity contribution in [3.8, 4) is 11.8 Å². The minimum absolute atomic E-state index is 0.296. The molecular formula is C20H22N2O3S. The zero-order valence-corrected chi connectivity index (χ0v) is 15.8. The number of piperidine rings is 1. The van der Waals surface area contributed by atoms with E-state index < -0.39 is 15.4 Å². The van der Waals surface area contributed by atoms with Crippen molar-refractivity contribution < 1.29 is 13.2 Å². The molecule has 6 heteroatoms. The predicted molar refractivity (Wildman–Crippen MR) is 99.5 cm³/mol. The SMILES string of the molecule is COc1ccccc1C1(C#N)CCN(S(=O)(=O)c2ccc(C)cc2)CC1. The van der Waals surface area contributed by atoms with Crippen LogP contribution in [0.15, 0.2) is 53.4 Å². The van der Waals surface area contributed by atoms with Crippen molar-refractivity contribution in [1.82, 2.24) is 4.31 Å². The Labute approximate surface area is 154 Å². The molecule has 1 saturated heterocycles. The van der Waals surface area contributed by atoms with Crippen LogP contribution < -0.4 is 4.74 Å². The van der Waals surface area contributed by atoms with E-state index in [1.54, 1.807) is 31.4 Å². The molecule has 0 aliphatic carbocycles. The Balaban J connectivity index is 1.85. The number of para-hydroxylation sites is 1. The number of sulfonamides is 1. The van der Waals surface area contributed by atoms with Gasteiger partial charge < -0.3 is 4.74 Å². The van der Waals surface area contributed by atoms with Gasteiger partial charge in [-0.15, -0.1) is 0 Å². The largest absolute Gasteiger partial charge is 0.496 e. The topological polar surface area (TPSA) is 70.4 Å². The fourth-order valence-corrected chi connectivity index (χ4v) is 4.89. The van der Waals surface area contributed by atoms with Crippen molar-refractivity contribution >= 4 is 10.0 Å². The van der Waals surface area contributed by atoms with Gasteiger partial charge in [0.2, 0.25) is 10.0 Å². The highest BCUT2D eigenvalue weighted by Crippen LogP contribution is 2.40. The van der Waals surface area contributed by atoms with Crippen molar-refractivity contribution in [2.24, 2.45) is 0 Å². The molecule has 2 aromatic rings. The van der Waals surface area contributed by atoms with E-state index in [0.717, 1.165) is 11.1 Å². The molecule has 0 spiro atoms. The molecule has 0 unspecified atom stereocenters. The third kappa shape index (κ3) is 3.20. The maximum absolute atomic E-state index is 12.9. The van der Waals surface area contributed by atoms with Crippen molar-refractivity contribution in [3.63, 3.8) is 0 Å². The standard InChI is InChI=1S/C20H22N2O3S/c1-16-7-9-17(10-8-16)26(23,24)22-13-11-20(15-21,12-14-22)18-5-3-4-6-19(18)25-2/h3-10H,11-14H2,1-2H3. The molecule has 1 heterocycles. The highest BCUT2D eigenvalue weighted by atomic mass is 32.2. The minimum Gasteiger partial charge on any atom is -0.496 e. The molecule has 3 rings (SSSR count). The quantitative estimate of drug-likeness (QED) is 0.828. The van der Waals surface area contributed by atoms with Crippen LogP contribution >= 0.6 is 0 Å². The van der Waals surface area contributed by atoms with Gasteiger partial charge in [0.05, 0.1) is 23.5 Å². The first-order valence-electron chi connectivity index (χ1n) is 8.54. The van der Waals surface area contributed by atoms with Gasteiger partial charge in [-0.2, -0.15) is 9.57 Å². The molecule has 1 fully saturated rings. The maximum Gasteiger partial charge on any atom is 0.243 e. The van der Waals surface area contributed by atoms with E-state index in [9.17, 15) is 13.7 Å². The molecule has 0 bridgehead atoms. The summed E-state index contributed by atoms with van der Waals surface area (Å²) in [7, 11) is -1.96. The normalized spacial score (nSPS) is 17.4. The first kappa shape index (κ1) is 18.4. The molecule has 0 radical (unpaired) electrons. The Hall–Kier alpha value is -2.36. The number of rotatable bonds is 4. The summed E-state index contributed by atoms with van der Waals surface area (Å²) >= 11 is 0. The fraction of sp³-hybridized carbons (Fsp3) is 0.350. The van der Waals surface area contributed by atoms with Gasteiger partial charge in [-0.3, -0.25) is 0 Å². The molecule has 0 saturated carbocycles. The fourth-order valence-electron chi connectivity index (χ4n) is 3.45. The van der Waals surface area contributed by atoms with E-state index >= 15 is 0 Å². The van der Waals surface area contributed by atoms with Crippen molar-refractivity contribution in [2.45, 2.75) is 30.1 Å². The van der Waals surface area contributed by atoms with Crippen LogP contribution in [0.3, 0.4) is 0 Å². The third-order valence-electron chi connectivity index (χ3n) is 5.07. The Morgan fingerprint density at radius 2 is 1.69 bits per heavy atom. The Bertz CT molecular complexity index is 922. The summed E-state index contributed by atoms with van der Waals surface area (Å²) in [5, 5.41) is 9.88. The molecule has 0 atom stereocenters. The number of hydrogen-bond donors (Lipinski definition) is 0.